The van der Waals surface area contributed by atoms with Crippen molar-refractivity contribution in [3.05, 3.63) is 105 Å². The molecule has 0 saturated heterocycles. The van der Waals surface area contributed by atoms with Crippen LogP contribution in [0.5, 0.6) is 0 Å². The molecule has 0 radical (unpaired) electrons. The van der Waals surface area contributed by atoms with Crippen LogP contribution in [0.4, 0.5) is 0 Å². The largest absolute Gasteiger partial charge is 0.209 e. The lowest BCUT2D eigenvalue weighted by atomic mass is 10.2. The quantitative estimate of drug-likeness (QED) is 0.639. The van der Waals surface area contributed by atoms with Crippen molar-refractivity contribution < 1.29 is 0 Å². The van der Waals surface area contributed by atoms with E-state index in [0.717, 1.165) is 11.1 Å². The molecule has 3 nitrogen and oxygen atoms in total. The second-order valence-corrected chi connectivity index (χ2v) is 4.74. The molecule has 1 aromatic carbocycles. The van der Waals surface area contributed by atoms with Crippen LogP contribution in [0.15, 0.2) is 93.1 Å². The fraction of sp³-hybridized carbons (Fsp3) is 0.0455. The van der Waals surface area contributed by atoms with Crippen LogP contribution in [-0.2, 0) is 0 Å². The summed E-state index contributed by atoms with van der Waals surface area (Å²) >= 11 is 0. The van der Waals surface area contributed by atoms with Crippen LogP contribution in [0, 0.1) is 0 Å². The average molecular weight is 329 g/mol. The molecule has 0 atom stereocenters. The van der Waals surface area contributed by atoms with E-state index in [4.69, 9.17) is 0 Å². The van der Waals surface area contributed by atoms with Gasteiger partial charge in [0.25, 0.3) is 0 Å². The Hall–Kier alpha value is -3.33. The van der Waals surface area contributed by atoms with Gasteiger partial charge >= 0.3 is 0 Å². The highest BCUT2D eigenvalue weighted by molar-refractivity contribution is 5.72. The number of hydrogen-bond donors (Lipinski definition) is 0. The molecule has 1 aromatic heterocycles. The minimum absolute atomic E-state index is 0.554. The molecule has 0 aliphatic heterocycles. The zero-order chi connectivity index (χ0) is 18.5. The van der Waals surface area contributed by atoms with Gasteiger partial charge in [0.2, 0.25) is 0 Å². The highest BCUT2D eigenvalue weighted by Crippen LogP contribution is 2.18. The van der Waals surface area contributed by atoms with Crippen molar-refractivity contribution in [2.24, 2.45) is 0 Å². The number of aromatic nitrogens is 3. The highest BCUT2D eigenvalue weighted by atomic mass is 15.0. The molecule has 2 rings (SSSR count). The summed E-state index contributed by atoms with van der Waals surface area (Å²) < 4.78 is 0. The summed E-state index contributed by atoms with van der Waals surface area (Å²) in [5.74, 6) is 1.80. The summed E-state index contributed by atoms with van der Waals surface area (Å²) in [4.78, 5) is 13.4. The standard InChI is InChI=1S/C18H17N3.C4H6/c1-4-10-14(11-5-2)17-19-16(6-3)20-18(21-17)15-12-8-7-9-13-15;1-3-4-2/h4-13H,1,3H2,2H3;3-4H,1-2H2/b11-5-,14-10+;. The van der Waals surface area contributed by atoms with Gasteiger partial charge in [-0.1, -0.05) is 93.1 Å². The SMILES string of the molecule is C=C/C=C(\C=C/C)c1nc(C=C)nc(-c2ccccc2)n1.C=CC=C. The van der Waals surface area contributed by atoms with Crippen molar-refractivity contribution in [1.29, 1.82) is 0 Å². The Morgan fingerprint density at radius 3 is 2.08 bits per heavy atom. The third kappa shape index (κ3) is 6.36. The monoisotopic (exact) mass is 329 g/mol. The van der Waals surface area contributed by atoms with E-state index >= 15 is 0 Å². The van der Waals surface area contributed by atoms with Crippen molar-refractivity contribution in [2.75, 3.05) is 0 Å². The Morgan fingerprint density at radius 2 is 1.56 bits per heavy atom. The van der Waals surface area contributed by atoms with Gasteiger partial charge in [0.15, 0.2) is 17.5 Å². The Morgan fingerprint density at radius 1 is 0.880 bits per heavy atom. The first-order chi connectivity index (χ1) is 12.2. The first-order valence-corrected chi connectivity index (χ1v) is 7.83. The van der Waals surface area contributed by atoms with E-state index < -0.39 is 0 Å². The molecule has 1 heterocycles. The maximum absolute atomic E-state index is 4.55. The highest BCUT2D eigenvalue weighted by Gasteiger charge is 2.08. The summed E-state index contributed by atoms with van der Waals surface area (Å²) in [5, 5.41) is 0. The van der Waals surface area contributed by atoms with Crippen molar-refractivity contribution >= 4 is 11.6 Å². The van der Waals surface area contributed by atoms with Crippen molar-refractivity contribution in [3.8, 4) is 11.4 Å². The summed E-state index contributed by atoms with van der Waals surface area (Å²) in [7, 11) is 0. The summed E-state index contributed by atoms with van der Waals surface area (Å²) in [5.41, 5.74) is 1.83. The van der Waals surface area contributed by atoms with Crippen molar-refractivity contribution in [2.45, 2.75) is 6.92 Å². The summed E-state index contributed by atoms with van der Waals surface area (Å²) in [6.45, 7) is 16.1. The van der Waals surface area contributed by atoms with Crippen molar-refractivity contribution in [3.63, 3.8) is 0 Å². The van der Waals surface area contributed by atoms with Gasteiger partial charge in [-0.05, 0) is 13.0 Å². The third-order valence-electron chi connectivity index (χ3n) is 2.94. The number of nitrogens with zero attached hydrogens (tertiary/aromatic N) is 3. The van der Waals surface area contributed by atoms with E-state index in [2.05, 4.69) is 41.3 Å². The number of hydrogen-bond acceptors (Lipinski definition) is 3. The van der Waals surface area contributed by atoms with Gasteiger partial charge in [0.05, 0.1) is 0 Å². The first-order valence-electron chi connectivity index (χ1n) is 7.83. The lowest BCUT2D eigenvalue weighted by molar-refractivity contribution is 1.01. The molecule has 0 N–H and O–H groups in total. The number of allylic oxidation sites excluding steroid dienone is 7. The molecular weight excluding hydrogens is 306 g/mol. The smallest absolute Gasteiger partial charge is 0.164 e. The molecule has 0 bridgehead atoms. The molecule has 0 spiro atoms. The second kappa shape index (κ2) is 11.2. The van der Waals surface area contributed by atoms with Crippen molar-refractivity contribution in [1.82, 2.24) is 15.0 Å². The maximum Gasteiger partial charge on any atom is 0.164 e. The van der Waals surface area contributed by atoms with Crippen LogP contribution < -0.4 is 0 Å². The van der Waals surface area contributed by atoms with Crippen LogP contribution in [0.3, 0.4) is 0 Å². The second-order valence-electron chi connectivity index (χ2n) is 4.74. The summed E-state index contributed by atoms with van der Waals surface area (Å²) in [6.07, 6.45) is 12.4. The minimum atomic E-state index is 0.554. The van der Waals surface area contributed by atoms with Crippen LogP contribution >= 0.6 is 0 Å². The number of benzene rings is 1. The molecule has 0 aliphatic carbocycles. The maximum atomic E-state index is 4.55. The van der Waals surface area contributed by atoms with Crippen LogP contribution in [0.25, 0.3) is 23.0 Å². The van der Waals surface area contributed by atoms with E-state index in [9.17, 15) is 0 Å². The molecule has 0 fully saturated rings. The molecule has 0 saturated carbocycles. The fourth-order valence-electron chi connectivity index (χ4n) is 1.84. The Bertz CT molecular complexity index is 778. The molecule has 25 heavy (non-hydrogen) atoms. The Balaban J connectivity index is 0.000000705. The normalized spacial score (nSPS) is 10.5. The predicted molar refractivity (Wildman–Crippen MR) is 109 cm³/mol. The molecule has 0 amide bonds. The lowest BCUT2D eigenvalue weighted by Crippen LogP contribution is -2.01. The van der Waals surface area contributed by atoms with E-state index in [1.807, 2.05) is 55.5 Å². The Kier molecular flexibility index (Phi) is 8.87. The summed E-state index contributed by atoms with van der Waals surface area (Å²) in [6, 6.07) is 9.82. The first kappa shape index (κ1) is 19.7. The zero-order valence-electron chi connectivity index (χ0n) is 14.6. The minimum Gasteiger partial charge on any atom is -0.209 e. The van der Waals surface area contributed by atoms with Crippen LogP contribution in [0.2, 0.25) is 0 Å². The predicted octanol–water partition coefficient (Wildman–Crippen LogP) is 5.69. The molecule has 0 unspecified atom stereocenters. The van der Waals surface area contributed by atoms with Gasteiger partial charge in [-0.15, -0.1) is 0 Å². The van der Waals surface area contributed by atoms with E-state index in [0.29, 0.717) is 17.5 Å². The molecular formula is C22H23N3. The van der Waals surface area contributed by atoms with E-state index in [1.165, 1.54) is 0 Å². The molecule has 0 aliphatic rings. The molecule has 2 aromatic rings. The van der Waals surface area contributed by atoms with Gasteiger partial charge in [0, 0.05) is 11.1 Å². The van der Waals surface area contributed by atoms with Crippen LogP contribution in [0.1, 0.15) is 18.6 Å². The molecule has 126 valence electrons. The van der Waals surface area contributed by atoms with E-state index in [-0.39, 0.29) is 0 Å². The van der Waals surface area contributed by atoms with Crippen LogP contribution in [-0.4, -0.2) is 15.0 Å². The topological polar surface area (TPSA) is 38.7 Å². The van der Waals surface area contributed by atoms with Gasteiger partial charge in [-0.2, -0.15) is 0 Å². The van der Waals surface area contributed by atoms with Gasteiger partial charge in [0.1, 0.15) is 0 Å². The third-order valence-corrected chi connectivity index (χ3v) is 2.94. The van der Waals surface area contributed by atoms with Gasteiger partial charge < -0.3 is 0 Å². The number of rotatable bonds is 6. The van der Waals surface area contributed by atoms with Gasteiger partial charge in [-0.25, -0.2) is 15.0 Å². The molecule has 3 heteroatoms. The average Bonchev–Trinajstić information content (AvgIpc) is 2.68. The lowest BCUT2D eigenvalue weighted by Gasteiger charge is -2.06. The van der Waals surface area contributed by atoms with Gasteiger partial charge in [-0.3, -0.25) is 0 Å². The Labute approximate surface area is 150 Å². The zero-order valence-corrected chi connectivity index (χ0v) is 14.6. The van der Waals surface area contributed by atoms with E-state index in [1.54, 1.807) is 24.3 Å². The fourth-order valence-corrected chi connectivity index (χ4v) is 1.84.